The number of aliphatic hydroxyl groups excluding tert-OH is 1. The van der Waals surface area contributed by atoms with Gasteiger partial charge >= 0.3 is 0 Å². The normalized spacial score (nSPS) is 15.8. The maximum absolute atomic E-state index is 9.84. The largest absolute Gasteiger partial charge is 0.508 e. The van der Waals surface area contributed by atoms with Crippen molar-refractivity contribution in [3.8, 4) is 0 Å². The average molecular weight is 293 g/mol. The number of hydrogen-bond acceptors (Lipinski definition) is 1. The Morgan fingerprint density at radius 2 is 2.00 bits per heavy atom. The van der Waals surface area contributed by atoms with E-state index < -0.39 is 0 Å². The quantitative estimate of drug-likeness (QED) is 0.783. The molecule has 0 bridgehead atoms. The van der Waals surface area contributed by atoms with E-state index in [2.05, 4.69) is 50.2 Å². The van der Waals surface area contributed by atoms with Gasteiger partial charge in [0, 0.05) is 17.1 Å². The van der Waals surface area contributed by atoms with Gasteiger partial charge in [-0.3, -0.25) is 0 Å². The zero-order valence-corrected chi connectivity index (χ0v) is 13.5. The summed E-state index contributed by atoms with van der Waals surface area (Å²) >= 11 is 0. The van der Waals surface area contributed by atoms with E-state index in [1.54, 1.807) is 0 Å². The molecule has 1 aromatic carbocycles. The third kappa shape index (κ3) is 2.87. The first-order chi connectivity index (χ1) is 10.6. The Bertz CT molecular complexity index is 802. The fourth-order valence-electron chi connectivity index (χ4n) is 3.22. The lowest BCUT2D eigenvalue weighted by Gasteiger charge is -2.10. The first kappa shape index (κ1) is 14.7. The van der Waals surface area contributed by atoms with Gasteiger partial charge in [-0.05, 0) is 74.1 Å². The van der Waals surface area contributed by atoms with Crippen LogP contribution in [0.25, 0.3) is 10.9 Å². The number of benzene rings is 1. The van der Waals surface area contributed by atoms with Crippen molar-refractivity contribution in [3.05, 3.63) is 70.2 Å². The van der Waals surface area contributed by atoms with Gasteiger partial charge in [0.25, 0.3) is 0 Å². The minimum absolute atomic E-state index is 0.361. The lowest BCUT2D eigenvalue weighted by Crippen LogP contribution is -1.95. The summed E-state index contributed by atoms with van der Waals surface area (Å²) in [7, 11) is 0. The molecule has 2 heteroatoms. The smallest absolute Gasteiger partial charge is 0.115 e. The van der Waals surface area contributed by atoms with Crippen LogP contribution in [0.5, 0.6) is 0 Å². The molecule has 1 aliphatic rings. The number of aromatic amines is 1. The summed E-state index contributed by atoms with van der Waals surface area (Å²) in [6, 6.07) is 6.68. The second-order valence-corrected chi connectivity index (χ2v) is 6.25. The Hall–Kier alpha value is -2.22. The molecule has 0 unspecified atom stereocenters. The maximum Gasteiger partial charge on any atom is 0.115 e. The van der Waals surface area contributed by atoms with Crippen molar-refractivity contribution in [2.45, 2.75) is 40.0 Å². The molecule has 1 aromatic heterocycles. The van der Waals surface area contributed by atoms with Crippen molar-refractivity contribution < 1.29 is 5.11 Å². The third-order valence-corrected chi connectivity index (χ3v) is 4.44. The first-order valence-electron chi connectivity index (χ1n) is 7.92. The molecule has 0 saturated carbocycles. The van der Waals surface area contributed by atoms with E-state index in [1.807, 2.05) is 12.2 Å². The molecule has 1 aliphatic carbocycles. The minimum Gasteiger partial charge on any atom is -0.508 e. The van der Waals surface area contributed by atoms with Gasteiger partial charge in [-0.1, -0.05) is 24.1 Å². The number of H-pyrrole nitrogens is 1. The molecule has 2 nitrogen and oxygen atoms in total. The predicted octanol–water partition coefficient (Wildman–Crippen LogP) is 5.38. The third-order valence-electron chi connectivity index (χ3n) is 4.44. The second kappa shape index (κ2) is 5.88. The number of aryl methyl sites for hydroxylation is 1. The SMILES string of the molecule is CCc1c[nH]c2ccc(CC3=C(C)C=C(O)C=C(C)C3)cc12. The van der Waals surface area contributed by atoms with Crippen LogP contribution in [0.4, 0.5) is 0 Å². The average Bonchev–Trinajstić information content (AvgIpc) is 2.83. The van der Waals surface area contributed by atoms with Gasteiger partial charge in [0.05, 0.1) is 0 Å². The van der Waals surface area contributed by atoms with Crippen LogP contribution in [0.3, 0.4) is 0 Å². The summed E-state index contributed by atoms with van der Waals surface area (Å²) in [5.74, 6) is 0.361. The summed E-state index contributed by atoms with van der Waals surface area (Å²) in [5, 5.41) is 11.2. The van der Waals surface area contributed by atoms with Crippen molar-refractivity contribution in [2.24, 2.45) is 0 Å². The van der Waals surface area contributed by atoms with Crippen LogP contribution >= 0.6 is 0 Å². The topological polar surface area (TPSA) is 36.0 Å². The minimum atomic E-state index is 0.361. The maximum atomic E-state index is 9.84. The van der Waals surface area contributed by atoms with Crippen molar-refractivity contribution >= 4 is 10.9 Å². The molecule has 0 spiro atoms. The Morgan fingerprint density at radius 1 is 1.18 bits per heavy atom. The van der Waals surface area contributed by atoms with Crippen molar-refractivity contribution in [2.75, 3.05) is 0 Å². The fourth-order valence-corrected chi connectivity index (χ4v) is 3.22. The van der Waals surface area contributed by atoms with Gasteiger partial charge in [0.15, 0.2) is 0 Å². The summed E-state index contributed by atoms with van der Waals surface area (Å²) in [5.41, 5.74) is 7.68. The summed E-state index contributed by atoms with van der Waals surface area (Å²) in [6.45, 7) is 6.35. The van der Waals surface area contributed by atoms with E-state index in [4.69, 9.17) is 0 Å². The number of rotatable bonds is 3. The van der Waals surface area contributed by atoms with Crippen LogP contribution in [0, 0.1) is 0 Å². The first-order valence-corrected chi connectivity index (χ1v) is 7.92. The van der Waals surface area contributed by atoms with Crippen LogP contribution in [0.1, 0.15) is 38.3 Å². The molecule has 2 N–H and O–H groups in total. The van der Waals surface area contributed by atoms with Crippen molar-refractivity contribution in [1.29, 1.82) is 0 Å². The number of aromatic nitrogens is 1. The molecule has 114 valence electrons. The molecule has 1 heterocycles. The number of aliphatic hydroxyl groups is 1. The number of allylic oxidation sites excluding steroid dienone is 5. The zero-order valence-electron chi connectivity index (χ0n) is 13.5. The lowest BCUT2D eigenvalue weighted by molar-refractivity contribution is 0.431. The molecule has 0 amide bonds. The van der Waals surface area contributed by atoms with E-state index in [1.165, 1.54) is 38.7 Å². The predicted molar refractivity (Wildman–Crippen MR) is 93.2 cm³/mol. The highest BCUT2D eigenvalue weighted by Crippen LogP contribution is 2.27. The zero-order chi connectivity index (χ0) is 15.7. The van der Waals surface area contributed by atoms with Crippen molar-refractivity contribution in [1.82, 2.24) is 4.98 Å². The molecule has 0 atom stereocenters. The molecular formula is C20H23NO. The summed E-state index contributed by atoms with van der Waals surface area (Å²) < 4.78 is 0. The highest BCUT2D eigenvalue weighted by Gasteiger charge is 2.10. The number of hydrogen-bond donors (Lipinski definition) is 2. The molecule has 0 saturated heterocycles. The van der Waals surface area contributed by atoms with Gasteiger partial charge < -0.3 is 10.1 Å². The molecule has 0 fully saturated rings. The van der Waals surface area contributed by atoms with Gasteiger partial charge in [-0.15, -0.1) is 0 Å². The number of fused-ring (bicyclic) bond motifs is 1. The van der Waals surface area contributed by atoms with Crippen molar-refractivity contribution in [3.63, 3.8) is 0 Å². The summed E-state index contributed by atoms with van der Waals surface area (Å²) in [4.78, 5) is 3.34. The van der Waals surface area contributed by atoms with Gasteiger partial charge in [-0.25, -0.2) is 0 Å². The standard InChI is InChI=1S/C20H23NO/c1-4-16-12-21-20-6-5-15(11-19(16)20)10-17-7-13(2)8-18(22)9-14(17)3/h5-6,8-9,11-12,21-22H,4,7,10H2,1-3H3. The number of nitrogens with one attached hydrogen (secondary N) is 1. The monoisotopic (exact) mass is 293 g/mol. The Labute approximate surface area is 131 Å². The molecular weight excluding hydrogens is 270 g/mol. The second-order valence-electron chi connectivity index (χ2n) is 6.25. The van der Waals surface area contributed by atoms with Crippen LogP contribution in [-0.2, 0) is 12.8 Å². The van der Waals surface area contributed by atoms with E-state index >= 15 is 0 Å². The van der Waals surface area contributed by atoms with Crippen LogP contribution in [0.15, 0.2) is 59.0 Å². The molecule has 0 radical (unpaired) electrons. The van der Waals surface area contributed by atoms with Gasteiger partial charge in [0.1, 0.15) is 5.76 Å². The van der Waals surface area contributed by atoms with Gasteiger partial charge in [-0.2, -0.15) is 0 Å². The molecule has 0 aliphatic heterocycles. The van der Waals surface area contributed by atoms with Crippen LogP contribution in [-0.4, -0.2) is 10.1 Å². The van der Waals surface area contributed by atoms with E-state index in [0.29, 0.717) is 5.76 Å². The van der Waals surface area contributed by atoms with Crippen LogP contribution in [0.2, 0.25) is 0 Å². The highest BCUT2D eigenvalue weighted by atomic mass is 16.3. The van der Waals surface area contributed by atoms with E-state index in [0.717, 1.165) is 19.3 Å². The Balaban J connectivity index is 1.95. The Kier molecular flexibility index (Phi) is 3.93. The summed E-state index contributed by atoms with van der Waals surface area (Å²) in [6.07, 6.45) is 8.75. The van der Waals surface area contributed by atoms with Crippen LogP contribution < -0.4 is 0 Å². The molecule has 3 rings (SSSR count). The lowest BCUT2D eigenvalue weighted by atomic mass is 9.95. The highest BCUT2D eigenvalue weighted by molar-refractivity contribution is 5.84. The van der Waals surface area contributed by atoms with Gasteiger partial charge in [0.2, 0.25) is 0 Å². The Morgan fingerprint density at radius 3 is 2.77 bits per heavy atom. The van der Waals surface area contributed by atoms with E-state index in [-0.39, 0.29) is 0 Å². The van der Waals surface area contributed by atoms with E-state index in [9.17, 15) is 5.11 Å². The molecule has 2 aromatic rings. The molecule has 22 heavy (non-hydrogen) atoms. The fraction of sp³-hybridized carbons (Fsp3) is 0.300.